The van der Waals surface area contributed by atoms with Crippen LogP contribution in [0, 0.1) is 5.92 Å². The van der Waals surface area contributed by atoms with Gasteiger partial charge in [0.05, 0.1) is 41.7 Å². The lowest BCUT2D eigenvalue weighted by atomic mass is 10.0. The first-order chi connectivity index (χ1) is 21.6. The molecule has 1 aliphatic heterocycles. The highest BCUT2D eigenvalue weighted by atomic mass is 32.2. The monoisotopic (exact) mass is 671 g/mol. The minimum absolute atomic E-state index is 0.00884. The van der Waals surface area contributed by atoms with E-state index >= 15 is 0 Å². The van der Waals surface area contributed by atoms with Crippen LogP contribution >= 0.6 is 0 Å². The molecule has 2 aromatic carbocycles. The molecule has 256 valence electrons. The number of halogens is 3. The molecule has 2 aromatic rings. The normalized spacial score (nSPS) is 21.0. The number of aliphatic hydroxyl groups excluding tert-OH is 1. The minimum atomic E-state index is -4.45. The van der Waals surface area contributed by atoms with Crippen molar-refractivity contribution in [3.8, 4) is 5.75 Å². The van der Waals surface area contributed by atoms with E-state index in [2.05, 4.69) is 4.72 Å². The number of alkyl halides is 3. The van der Waals surface area contributed by atoms with E-state index in [4.69, 9.17) is 9.47 Å². The maximum atomic E-state index is 14.2. The van der Waals surface area contributed by atoms with Gasteiger partial charge in [0, 0.05) is 44.8 Å². The van der Waals surface area contributed by atoms with Crippen LogP contribution in [0.4, 0.5) is 18.9 Å². The zero-order valence-corrected chi connectivity index (χ0v) is 27.4. The van der Waals surface area contributed by atoms with E-state index in [1.807, 2.05) is 6.92 Å². The van der Waals surface area contributed by atoms with E-state index in [0.29, 0.717) is 25.9 Å². The Bertz CT molecular complexity index is 1410. The Labute approximate surface area is 268 Å². The van der Waals surface area contributed by atoms with Gasteiger partial charge >= 0.3 is 6.18 Å². The Kier molecular flexibility index (Phi) is 13.3. The van der Waals surface area contributed by atoms with Gasteiger partial charge in [0.25, 0.3) is 15.9 Å². The second-order valence-electron chi connectivity index (χ2n) is 11.8. The van der Waals surface area contributed by atoms with Gasteiger partial charge in [-0.3, -0.25) is 14.3 Å². The van der Waals surface area contributed by atoms with Crippen molar-refractivity contribution in [3.63, 3.8) is 0 Å². The maximum Gasteiger partial charge on any atom is 0.389 e. The lowest BCUT2D eigenvalue weighted by molar-refractivity contribution is -0.149. The molecule has 10 nitrogen and oxygen atoms in total. The van der Waals surface area contributed by atoms with Crippen LogP contribution in [0.1, 0.15) is 63.2 Å². The Morgan fingerprint density at radius 1 is 1.15 bits per heavy atom. The highest BCUT2D eigenvalue weighted by Crippen LogP contribution is 2.30. The van der Waals surface area contributed by atoms with Gasteiger partial charge in [-0.1, -0.05) is 25.1 Å². The third kappa shape index (κ3) is 10.9. The summed E-state index contributed by atoms with van der Waals surface area (Å²) in [7, 11) is -2.54. The number of fused-ring (bicyclic) bond motifs is 1. The van der Waals surface area contributed by atoms with Gasteiger partial charge in [0.15, 0.2) is 0 Å². The second kappa shape index (κ2) is 16.5. The van der Waals surface area contributed by atoms with Gasteiger partial charge in [-0.25, -0.2) is 8.42 Å². The Morgan fingerprint density at radius 2 is 1.85 bits per heavy atom. The number of amides is 2. The highest BCUT2D eigenvalue weighted by molar-refractivity contribution is 7.92. The fourth-order valence-electron chi connectivity index (χ4n) is 5.07. The summed E-state index contributed by atoms with van der Waals surface area (Å²) in [6, 6.07) is 11.6. The number of carbonyl (C=O) groups excluding carboxylic acids is 2. The van der Waals surface area contributed by atoms with Crippen molar-refractivity contribution < 1.29 is 45.8 Å². The number of ether oxygens (including phenoxy) is 2. The summed E-state index contributed by atoms with van der Waals surface area (Å²) in [5.74, 6) is -1.36. The topological polar surface area (TPSA) is 125 Å². The molecule has 0 aromatic heterocycles. The van der Waals surface area contributed by atoms with Crippen LogP contribution in [0.25, 0.3) is 0 Å². The highest BCUT2D eigenvalue weighted by Gasteiger charge is 2.32. The predicted octanol–water partition coefficient (Wildman–Crippen LogP) is 5.08. The van der Waals surface area contributed by atoms with E-state index in [0.717, 1.165) is 0 Å². The fourth-order valence-corrected chi connectivity index (χ4v) is 6.14. The first-order valence-corrected chi connectivity index (χ1v) is 16.8. The Balaban J connectivity index is 1.95. The first-order valence-electron chi connectivity index (χ1n) is 15.3. The van der Waals surface area contributed by atoms with E-state index in [1.165, 1.54) is 47.2 Å². The molecule has 0 fully saturated rings. The number of nitrogens with zero attached hydrogens (tertiary/aromatic N) is 2. The molecule has 2 amide bonds. The molecular formula is C32H44F3N3O7S. The van der Waals surface area contributed by atoms with Crippen LogP contribution < -0.4 is 9.46 Å². The molecule has 0 bridgehead atoms. The standard InChI is InChI=1S/C32H44F3N3O7S/c1-22-19-38(23(2)21-39)31(41)27-18-25(36-46(42,43)26-11-6-5-7-12-26)13-14-28(27)45-24(3)10-8-9-17-44-29(22)20-37(4)30(40)15-16-32(33,34)35/h5-7,11-14,18,22-24,29,36,39H,8-10,15-17,19-21H2,1-4H3/t22-,23-,24+,29+/m0/s1. The molecule has 0 aliphatic carbocycles. The molecule has 4 atom stereocenters. The third-order valence-corrected chi connectivity index (χ3v) is 9.26. The number of nitrogens with one attached hydrogen (secondary N) is 1. The summed E-state index contributed by atoms with van der Waals surface area (Å²) >= 11 is 0. The van der Waals surface area contributed by atoms with E-state index in [1.54, 1.807) is 32.0 Å². The number of likely N-dealkylation sites (N-methyl/N-ethyl adjacent to an activating group) is 1. The smallest absolute Gasteiger partial charge is 0.389 e. The average molecular weight is 672 g/mol. The number of benzene rings is 2. The van der Waals surface area contributed by atoms with Gasteiger partial charge in [-0.15, -0.1) is 0 Å². The van der Waals surface area contributed by atoms with Crippen molar-refractivity contribution in [2.45, 2.75) is 82.2 Å². The molecule has 0 saturated heterocycles. The number of hydrogen-bond acceptors (Lipinski definition) is 7. The molecule has 0 unspecified atom stereocenters. The maximum absolute atomic E-state index is 14.2. The number of anilines is 1. The summed E-state index contributed by atoms with van der Waals surface area (Å²) in [5, 5.41) is 10.1. The average Bonchev–Trinajstić information content (AvgIpc) is 3.01. The first kappa shape index (κ1) is 37.1. The summed E-state index contributed by atoms with van der Waals surface area (Å²) in [6.07, 6.45) is -5.30. The quantitative estimate of drug-likeness (QED) is 0.381. The van der Waals surface area contributed by atoms with Crippen molar-refractivity contribution in [3.05, 3.63) is 54.1 Å². The summed E-state index contributed by atoms with van der Waals surface area (Å²) in [5.41, 5.74) is 0.222. The molecule has 14 heteroatoms. The van der Waals surface area contributed by atoms with Crippen molar-refractivity contribution in [1.29, 1.82) is 0 Å². The van der Waals surface area contributed by atoms with Crippen molar-refractivity contribution >= 4 is 27.5 Å². The Morgan fingerprint density at radius 3 is 2.50 bits per heavy atom. The van der Waals surface area contributed by atoms with Crippen LogP contribution in [0.5, 0.6) is 5.75 Å². The van der Waals surface area contributed by atoms with Gasteiger partial charge in [-0.05, 0) is 63.4 Å². The lowest BCUT2D eigenvalue weighted by Gasteiger charge is -2.36. The Hall–Kier alpha value is -3.36. The van der Waals surface area contributed by atoms with Crippen LogP contribution in [0.2, 0.25) is 0 Å². The lowest BCUT2D eigenvalue weighted by Crippen LogP contribution is -2.48. The number of carbonyl (C=O) groups is 2. The zero-order valence-electron chi connectivity index (χ0n) is 26.6. The van der Waals surface area contributed by atoms with Crippen LogP contribution in [0.15, 0.2) is 53.4 Å². The molecule has 0 radical (unpaired) electrons. The summed E-state index contributed by atoms with van der Waals surface area (Å²) in [4.78, 5) is 29.4. The van der Waals surface area contributed by atoms with Crippen molar-refractivity contribution in [2.75, 3.05) is 38.1 Å². The predicted molar refractivity (Wildman–Crippen MR) is 167 cm³/mol. The minimum Gasteiger partial charge on any atom is -0.490 e. The van der Waals surface area contributed by atoms with E-state index in [-0.39, 0.29) is 47.7 Å². The van der Waals surface area contributed by atoms with E-state index in [9.17, 15) is 36.3 Å². The SMILES string of the molecule is C[C@@H]1CCCCO[C@H](CN(C)C(=O)CCC(F)(F)F)[C@@H](C)CN([C@@H](C)CO)C(=O)c2cc(NS(=O)(=O)c3ccccc3)ccc2O1. The number of aliphatic hydroxyl groups is 1. The summed E-state index contributed by atoms with van der Waals surface area (Å²) < 4.78 is 79.1. The molecule has 0 saturated carbocycles. The van der Waals surface area contributed by atoms with E-state index < -0.39 is 58.9 Å². The number of sulfonamides is 1. The molecule has 2 N–H and O–H groups in total. The van der Waals surface area contributed by atoms with Crippen molar-refractivity contribution in [2.24, 2.45) is 5.92 Å². The third-order valence-electron chi connectivity index (χ3n) is 7.86. The van der Waals surface area contributed by atoms with Crippen LogP contribution in [0.3, 0.4) is 0 Å². The molecule has 1 heterocycles. The molecular weight excluding hydrogens is 627 g/mol. The second-order valence-corrected chi connectivity index (χ2v) is 13.5. The largest absolute Gasteiger partial charge is 0.490 e. The van der Waals surface area contributed by atoms with Gasteiger partial charge in [0.2, 0.25) is 5.91 Å². The fraction of sp³-hybridized carbons (Fsp3) is 0.562. The van der Waals surface area contributed by atoms with Gasteiger partial charge in [0.1, 0.15) is 5.75 Å². The van der Waals surface area contributed by atoms with Crippen LogP contribution in [-0.4, -0.2) is 92.9 Å². The number of rotatable bonds is 9. The van der Waals surface area contributed by atoms with Crippen LogP contribution in [-0.2, 0) is 19.6 Å². The van der Waals surface area contributed by atoms with Gasteiger partial charge in [-0.2, -0.15) is 13.2 Å². The van der Waals surface area contributed by atoms with Crippen molar-refractivity contribution in [1.82, 2.24) is 9.80 Å². The van der Waals surface area contributed by atoms with Gasteiger partial charge < -0.3 is 24.4 Å². The summed E-state index contributed by atoms with van der Waals surface area (Å²) in [6.45, 7) is 5.33. The number of hydrogen-bond donors (Lipinski definition) is 2. The molecule has 46 heavy (non-hydrogen) atoms. The molecule has 0 spiro atoms. The molecule has 1 aliphatic rings. The molecule has 3 rings (SSSR count). The zero-order chi connectivity index (χ0) is 34.1.